The molecule has 0 radical (unpaired) electrons. The SMILES string of the molecule is Clc1cc(Br)ccc1Cn1cc(NCc2ccc(-c3cccc(Br)c3)o2)cn1. The van der Waals surface area contributed by atoms with Crippen molar-refractivity contribution in [3.05, 3.63) is 92.3 Å². The lowest BCUT2D eigenvalue weighted by molar-refractivity contribution is 0.531. The second kappa shape index (κ2) is 8.55. The van der Waals surface area contributed by atoms with Gasteiger partial charge in [-0.2, -0.15) is 5.10 Å². The van der Waals surface area contributed by atoms with Gasteiger partial charge in [0.1, 0.15) is 11.5 Å². The number of rotatable bonds is 6. The monoisotopic (exact) mass is 519 g/mol. The molecule has 4 aromatic rings. The lowest BCUT2D eigenvalue weighted by Gasteiger charge is -2.05. The summed E-state index contributed by atoms with van der Waals surface area (Å²) in [4.78, 5) is 0. The summed E-state index contributed by atoms with van der Waals surface area (Å²) < 4.78 is 9.79. The van der Waals surface area contributed by atoms with Gasteiger partial charge in [-0.05, 0) is 42.0 Å². The highest BCUT2D eigenvalue weighted by Crippen LogP contribution is 2.26. The van der Waals surface area contributed by atoms with Crippen LogP contribution in [-0.4, -0.2) is 9.78 Å². The minimum Gasteiger partial charge on any atom is -0.459 e. The van der Waals surface area contributed by atoms with Crippen molar-refractivity contribution >= 4 is 49.1 Å². The van der Waals surface area contributed by atoms with Gasteiger partial charge in [-0.25, -0.2) is 0 Å². The van der Waals surface area contributed by atoms with Crippen LogP contribution in [0.3, 0.4) is 0 Å². The lowest BCUT2D eigenvalue weighted by atomic mass is 10.2. The molecule has 0 spiro atoms. The van der Waals surface area contributed by atoms with Crippen molar-refractivity contribution in [1.82, 2.24) is 9.78 Å². The predicted octanol–water partition coefficient (Wildman–Crippen LogP) is 6.98. The van der Waals surface area contributed by atoms with E-state index in [4.69, 9.17) is 16.0 Å². The second-order valence-electron chi connectivity index (χ2n) is 6.29. The van der Waals surface area contributed by atoms with E-state index in [9.17, 15) is 0 Å². The van der Waals surface area contributed by atoms with E-state index in [0.29, 0.717) is 13.1 Å². The number of hydrogen-bond donors (Lipinski definition) is 1. The molecule has 0 amide bonds. The summed E-state index contributed by atoms with van der Waals surface area (Å²) in [6, 6.07) is 17.9. The van der Waals surface area contributed by atoms with Crippen molar-refractivity contribution in [2.45, 2.75) is 13.1 Å². The Morgan fingerprint density at radius 3 is 2.71 bits per heavy atom. The summed E-state index contributed by atoms with van der Waals surface area (Å²) >= 11 is 13.2. The van der Waals surface area contributed by atoms with Crippen LogP contribution in [0.2, 0.25) is 5.02 Å². The third kappa shape index (κ3) is 4.69. The molecule has 2 aromatic carbocycles. The smallest absolute Gasteiger partial charge is 0.134 e. The van der Waals surface area contributed by atoms with E-state index in [2.05, 4.69) is 42.3 Å². The normalized spacial score (nSPS) is 11.0. The minimum absolute atomic E-state index is 0.582. The molecule has 1 N–H and O–H groups in total. The van der Waals surface area contributed by atoms with Crippen LogP contribution < -0.4 is 5.32 Å². The molecule has 4 nitrogen and oxygen atoms in total. The molecule has 0 aliphatic rings. The van der Waals surface area contributed by atoms with Gasteiger partial charge in [0.25, 0.3) is 0 Å². The van der Waals surface area contributed by atoms with Crippen LogP contribution in [0.4, 0.5) is 5.69 Å². The van der Waals surface area contributed by atoms with Crippen LogP contribution in [0.5, 0.6) is 0 Å². The molecule has 0 unspecified atom stereocenters. The molecule has 0 atom stereocenters. The lowest BCUT2D eigenvalue weighted by Crippen LogP contribution is -2.01. The Bertz CT molecular complexity index is 1110. The summed E-state index contributed by atoms with van der Waals surface area (Å²) in [5.41, 5.74) is 2.98. The average molecular weight is 522 g/mol. The fraction of sp³-hybridized carbons (Fsp3) is 0.0952. The van der Waals surface area contributed by atoms with Crippen molar-refractivity contribution in [2.24, 2.45) is 0 Å². The zero-order chi connectivity index (χ0) is 19.5. The summed E-state index contributed by atoms with van der Waals surface area (Å²) in [5.74, 6) is 1.71. The number of aromatic nitrogens is 2. The van der Waals surface area contributed by atoms with Crippen molar-refractivity contribution < 1.29 is 4.42 Å². The molecule has 0 bridgehead atoms. The number of anilines is 1. The molecule has 0 aliphatic heterocycles. The van der Waals surface area contributed by atoms with Crippen LogP contribution in [0.25, 0.3) is 11.3 Å². The van der Waals surface area contributed by atoms with Gasteiger partial charge in [-0.3, -0.25) is 4.68 Å². The van der Waals surface area contributed by atoms with Crippen molar-refractivity contribution in [2.75, 3.05) is 5.32 Å². The molecule has 2 aromatic heterocycles. The van der Waals surface area contributed by atoms with Gasteiger partial charge >= 0.3 is 0 Å². The third-order valence-corrected chi connectivity index (χ3v) is 5.56. The van der Waals surface area contributed by atoms with Gasteiger partial charge in [0.2, 0.25) is 0 Å². The fourth-order valence-electron chi connectivity index (χ4n) is 2.82. The zero-order valence-corrected chi connectivity index (χ0v) is 18.6. The van der Waals surface area contributed by atoms with E-state index < -0.39 is 0 Å². The van der Waals surface area contributed by atoms with E-state index in [1.807, 2.05) is 65.5 Å². The van der Waals surface area contributed by atoms with Gasteiger partial charge < -0.3 is 9.73 Å². The Kier molecular flexibility index (Phi) is 5.90. The Morgan fingerprint density at radius 2 is 1.89 bits per heavy atom. The maximum Gasteiger partial charge on any atom is 0.134 e. The summed E-state index contributed by atoms with van der Waals surface area (Å²) in [7, 11) is 0. The van der Waals surface area contributed by atoms with E-state index in [0.717, 1.165) is 42.3 Å². The average Bonchev–Trinajstić information content (AvgIpc) is 3.32. The molecule has 0 saturated carbocycles. The van der Waals surface area contributed by atoms with Gasteiger partial charge in [0.05, 0.1) is 25.0 Å². The van der Waals surface area contributed by atoms with E-state index >= 15 is 0 Å². The van der Waals surface area contributed by atoms with Gasteiger partial charge in [0, 0.05) is 25.7 Å². The Balaban J connectivity index is 1.38. The van der Waals surface area contributed by atoms with Crippen LogP contribution in [0, 0.1) is 0 Å². The highest BCUT2D eigenvalue weighted by Gasteiger charge is 2.07. The maximum atomic E-state index is 6.29. The topological polar surface area (TPSA) is 43.0 Å². The highest BCUT2D eigenvalue weighted by molar-refractivity contribution is 9.10. The predicted molar refractivity (Wildman–Crippen MR) is 120 cm³/mol. The van der Waals surface area contributed by atoms with Gasteiger partial charge in [0.15, 0.2) is 0 Å². The maximum absolute atomic E-state index is 6.29. The standard InChI is InChI=1S/C21H16Br2ClN3O/c22-16-3-1-2-14(8-16)21-7-6-19(28-21)11-25-18-10-26-27(13-18)12-15-4-5-17(23)9-20(15)24/h1-10,13,25H,11-12H2. The van der Waals surface area contributed by atoms with E-state index in [-0.39, 0.29) is 0 Å². The molecule has 142 valence electrons. The second-order valence-corrected chi connectivity index (χ2v) is 8.53. The van der Waals surface area contributed by atoms with Gasteiger partial charge in [-0.15, -0.1) is 0 Å². The van der Waals surface area contributed by atoms with Crippen molar-refractivity contribution in [1.29, 1.82) is 0 Å². The third-order valence-electron chi connectivity index (χ3n) is 4.22. The van der Waals surface area contributed by atoms with Crippen LogP contribution in [-0.2, 0) is 13.1 Å². The Labute approximate surface area is 184 Å². The number of furan rings is 1. The van der Waals surface area contributed by atoms with Crippen molar-refractivity contribution in [3.8, 4) is 11.3 Å². The molecule has 4 rings (SSSR count). The molecular formula is C21H16Br2ClN3O. The van der Waals surface area contributed by atoms with E-state index in [1.165, 1.54) is 0 Å². The molecule has 7 heteroatoms. The molecule has 0 aliphatic carbocycles. The molecule has 2 heterocycles. The zero-order valence-electron chi connectivity index (χ0n) is 14.7. The molecule has 28 heavy (non-hydrogen) atoms. The first-order chi connectivity index (χ1) is 13.6. The number of nitrogens with one attached hydrogen (secondary N) is 1. The fourth-order valence-corrected chi connectivity index (χ4v) is 3.96. The summed E-state index contributed by atoms with van der Waals surface area (Å²) in [5, 5.41) is 8.46. The number of hydrogen-bond acceptors (Lipinski definition) is 3. The highest BCUT2D eigenvalue weighted by atomic mass is 79.9. The van der Waals surface area contributed by atoms with Crippen LogP contribution >= 0.6 is 43.5 Å². The van der Waals surface area contributed by atoms with Crippen molar-refractivity contribution in [3.63, 3.8) is 0 Å². The molecule has 0 saturated heterocycles. The molecule has 0 fully saturated rings. The van der Waals surface area contributed by atoms with Crippen LogP contribution in [0.1, 0.15) is 11.3 Å². The number of halogens is 3. The summed E-state index contributed by atoms with van der Waals surface area (Å²) in [6.07, 6.45) is 3.75. The first-order valence-electron chi connectivity index (χ1n) is 8.62. The quantitative estimate of drug-likeness (QED) is 0.298. The molecular weight excluding hydrogens is 506 g/mol. The first kappa shape index (κ1) is 19.3. The van der Waals surface area contributed by atoms with Crippen LogP contribution in [0.15, 0.2) is 80.4 Å². The minimum atomic E-state index is 0.582. The largest absolute Gasteiger partial charge is 0.459 e. The van der Waals surface area contributed by atoms with E-state index in [1.54, 1.807) is 6.20 Å². The summed E-state index contributed by atoms with van der Waals surface area (Å²) in [6.45, 7) is 1.19. The number of benzene rings is 2. The first-order valence-corrected chi connectivity index (χ1v) is 10.6. The Hall–Kier alpha value is -2.02. The Morgan fingerprint density at radius 1 is 1.04 bits per heavy atom. The number of nitrogens with zero attached hydrogens (tertiary/aromatic N) is 2. The van der Waals surface area contributed by atoms with Gasteiger partial charge in [-0.1, -0.05) is 61.7 Å².